The van der Waals surface area contributed by atoms with Crippen molar-refractivity contribution in [1.29, 1.82) is 0 Å². The van der Waals surface area contributed by atoms with Crippen molar-refractivity contribution in [2.45, 2.75) is 75.9 Å². The van der Waals surface area contributed by atoms with Crippen molar-refractivity contribution < 1.29 is 37.1 Å². The van der Waals surface area contributed by atoms with Gasteiger partial charge < -0.3 is 31.0 Å². The van der Waals surface area contributed by atoms with E-state index in [-0.39, 0.29) is 65.0 Å². The molecule has 6 aromatic heterocycles. The van der Waals surface area contributed by atoms with Gasteiger partial charge in [-0.2, -0.15) is 15.3 Å². The van der Waals surface area contributed by atoms with E-state index in [9.17, 15) is 37.1 Å². The summed E-state index contributed by atoms with van der Waals surface area (Å²) in [6, 6.07) is 7.94. The van der Waals surface area contributed by atoms with Crippen LogP contribution in [-0.4, -0.2) is 147 Å². The lowest BCUT2D eigenvalue weighted by atomic mass is 10.0. The molecule has 472 valence electrons. The maximum Gasteiger partial charge on any atom is 0.322 e. The maximum atomic E-state index is 13.6. The molecule has 12 heterocycles. The summed E-state index contributed by atoms with van der Waals surface area (Å²) in [5.41, 5.74) is 13.0. The molecule has 5 amide bonds. The van der Waals surface area contributed by atoms with Crippen molar-refractivity contribution in [2.75, 3.05) is 54.0 Å². The van der Waals surface area contributed by atoms with Crippen LogP contribution in [0, 0.1) is 77.3 Å². The van der Waals surface area contributed by atoms with Crippen LogP contribution in [0.1, 0.15) is 114 Å². The van der Waals surface area contributed by atoms with Crippen LogP contribution in [0.2, 0.25) is 0 Å². The quantitative estimate of drug-likeness (QED) is 0.140. The number of aromatic nitrogens is 9. The number of halogens is 3. The topological polar surface area (TPSA) is 314 Å². The van der Waals surface area contributed by atoms with E-state index in [1.54, 1.807) is 49.5 Å². The molecular formula is C63H64F3N21O5. The summed E-state index contributed by atoms with van der Waals surface area (Å²) in [5.74, 6) is 1.31. The number of hydrogen-bond acceptors (Lipinski definition) is 20. The van der Waals surface area contributed by atoms with E-state index < -0.39 is 29.3 Å². The van der Waals surface area contributed by atoms with Crippen LogP contribution < -0.4 is 26.2 Å². The van der Waals surface area contributed by atoms with Gasteiger partial charge in [-0.3, -0.25) is 38.9 Å². The first-order valence-electron chi connectivity index (χ1n) is 30.7. The van der Waals surface area contributed by atoms with Crippen LogP contribution in [0.25, 0.3) is 4.85 Å². The minimum absolute atomic E-state index is 0.00483. The Morgan fingerprint density at radius 1 is 0.446 bits per heavy atom. The van der Waals surface area contributed by atoms with E-state index in [0.29, 0.717) is 95.1 Å². The number of anilines is 3. The zero-order valence-electron chi connectivity index (χ0n) is 49.8. The van der Waals surface area contributed by atoms with Crippen molar-refractivity contribution in [3.8, 4) is 0 Å². The van der Waals surface area contributed by atoms with Crippen LogP contribution in [0.5, 0.6) is 0 Å². The van der Waals surface area contributed by atoms with Gasteiger partial charge in [-0.1, -0.05) is 11.6 Å². The standard InChI is InChI=1S/2C21H22FN7O2.C21H20FN7O/c2*22-16-7-13(8-24-9-16)18-2-4-26-29(18)20(31)12-5-14-10-28(11-15(14)6-12)21-25-3-1-17(27-21)19(23)30;1-23-19-3-4-25-21(27-19)28-11-15-6-13(7-16(15)12-28)20(30)29-18(2-5-26-29)14-8-17(22)10-24-9-14/h2*1,3-4,7-9,12,14-15,18H,2,5-6,10-11H2,(H2,23,30);3-5,8-10,13,15-16,18H,2,6-7,11-12H2. The van der Waals surface area contributed by atoms with Crippen molar-refractivity contribution in [3.63, 3.8) is 0 Å². The Hall–Kier alpha value is -10.3. The summed E-state index contributed by atoms with van der Waals surface area (Å²) in [5, 5.41) is 17.4. The van der Waals surface area contributed by atoms with Gasteiger partial charge >= 0.3 is 5.95 Å². The molecule has 3 aliphatic carbocycles. The number of pyridine rings is 3. The van der Waals surface area contributed by atoms with Crippen LogP contribution in [0.15, 0.2) is 107 Å². The highest BCUT2D eigenvalue weighted by atomic mass is 19.1. The largest absolute Gasteiger partial charge is 0.364 e. The highest BCUT2D eigenvalue weighted by Crippen LogP contribution is 2.48. The average Bonchev–Trinajstić information content (AvgIpc) is 1.80. The fraction of sp³-hybridized carbons (Fsp3) is 0.429. The average molecular weight is 1250 g/mol. The van der Waals surface area contributed by atoms with Gasteiger partial charge in [0.05, 0.1) is 36.7 Å². The molecule has 4 N–H and O–H groups in total. The number of primary amides is 2. The van der Waals surface area contributed by atoms with E-state index in [1.807, 2.05) is 0 Å². The Morgan fingerprint density at radius 3 is 1.04 bits per heavy atom. The normalized spacial score (nSPS) is 27.1. The molecule has 29 heteroatoms. The van der Waals surface area contributed by atoms with Gasteiger partial charge in [-0.25, -0.2) is 53.1 Å². The van der Waals surface area contributed by atoms with Crippen molar-refractivity contribution in [3.05, 3.63) is 149 Å². The molecule has 0 radical (unpaired) electrons. The fourth-order valence-electron chi connectivity index (χ4n) is 14.9. The molecule has 15 rings (SSSR count). The molecule has 6 aromatic rings. The fourth-order valence-corrected chi connectivity index (χ4v) is 14.9. The highest BCUT2D eigenvalue weighted by Gasteiger charge is 2.50. The predicted molar refractivity (Wildman–Crippen MR) is 326 cm³/mol. The predicted octanol–water partition coefficient (Wildman–Crippen LogP) is 6.05. The first-order valence-corrected chi connectivity index (χ1v) is 30.7. The molecule has 3 saturated heterocycles. The second-order valence-corrected chi connectivity index (χ2v) is 24.8. The Labute approximate surface area is 526 Å². The van der Waals surface area contributed by atoms with E-state index in [2.05, 4.69) is 79.7 Å². The Balaban J connectivity index is 0.000000126. The number of carbonyl (C=O) groups excluding carboxylic acids is 5. The van der Waals surface area contributed by atoms with Crippen molar-refractivity contribution >= 4 is 71.8 Å². The van der Waals surface area contributed by atoms with Crippen molar-refractivity contribution in [2.24, 2.45) is 80.0 Å². The number of nitrogens with two attached hydrogens (primary N) is 2. The smallest absolute Gasteiger partial charge is 0.322 e. The van der Waals surface area contributed by atoms with Gasteiger partial charge in [0, 0.05) is 132 Å². The summed E-state index contributed by atoms with van der Waals surface area (Å²) in [7, 11) is 0. The molecule has 0 bridgehead atoms. The third-order valence-corrected chi connectivity index (χ3v) is 19.2. The zero-order chi connectivity index (χ0) is 63.7. The van der Waals surface area contributed by atoms with Crippen LogP contribution in [0.4, 0.5) is 36.8 Å². The molecule has 92 heavy (non-hydrogen) atoms. The van der Waals surface area contributed by atoms with Gasteiger partial charge in [0.15, 0.2) is 0 Å². The number of fused-ring (bicyclic) bond motifs is 3. The number of hydrogen-bond donors (Lipinski definition) is 2. The number of nitrogens with zero attached hydrogens (tertiary/aromatic N) is 19. The molecule has 0 aromatic carbocycles. The Bertz CT molecular complexity index is 3760. The molecule has 9 atom stereocenters. The van der Waals surface area contributed by atoms with Crippen LogP contribution >= 0.6 is 0 Å². The van der Waals surface area contributed by atoms with Gasteiger partial charge in [-0.05, 0) is 127 Å². The second kappa shape index (κ2) is 25.9. The second-order valence-electron chi connectivity index (χ2n) is 24.8. The SMILES string of the molecule is NC(=O)c1ccnc(N2CC3CC(C(=O)N4N=CCC4c4cncc(F)c4)CC3C2)n1.NC(=O)c1ccnc(N2CC3CC(C(=O)N4N=CCC4c4cncc(F)c4)CC3C2)n1.[C-]#[N+]c1ccnc(N2CC3CC(C(=O)N4N=CCC4c4cncc(F)c4)CC3C2)n1. The van der Waals surface area contributed by atoms with E-state index in [4.69, 9.17) is 18.0 Å². The first-order chi connectivity index (χ1) is 44.6. The summed E-state index contributed by atoms with van der Waals surface area (Å²) in [6.45, 7) is 11.6. The number of carbonyl (C=O) groups is 5. The summed E-state index contributed by atoms with van der Waals surface area (Å²) < 4.78 is 40.8. The molecule has 6 fully saturated rings. The lowest BCUT2D eigenvalue weighted by molar-refractivity contribution is -0.138. The first kappa shape index (κ1) is 60.6. The summed E-state index contributed by atoms with van der Waals surface area (Å²) in [6.07, 6.45) is 24.3. The molecule has 26 nitrogen and oxygen atoms in total. The zero-order valence-corrected chi connectivity index (χ0v) is 49.8. The molecule has 9 aliphatic rings. The molecule has 0 spiro atoms. The molecule has 6 aliphatic heterocycles. The number of amides is 5. The molecule has 3 saturated carbocycles. The summed E-state index contributed by atoms with van der Waals surface area (Å²) in [4.78, 5) is 109. The minimum atomic E-state index is -0.581. The van der Waals surface area contributed by atoms with Crippen LogP contribution in [-0.2, 0) is 14.4 Å². The van der Waals surface area contributed by atoms with Gasteiger partial charge in [0.2, 0.25) is 29.6 Å². The monoisotopic (exact) mass is 1250 g/mol. The minimum Gasteiger partial charge on any atom is -0.364 e. The van der Waals surface area contributed by atoms with Gasteiger partial charge in [0.25, 0.3) is 17.6 Å². The number of hydrazone groups is 3. The van der Waals surface area contributed by atoms with E-state index in [0.717, 1.165) is 96.4 Å². The third kappa shape index (κ3) is 12.6. The maximum absolute atomic E-state index is 13.6. The van der Waals surface area contributed by atoms with Crippen LogP contribution in [0.3, 0.4) is 0 Å². The molecular weight excluding hydrogens is 1190 g/mol. The lowest BCUT2D eigenvalue weighted by Crippen LogP contribution is -2.33. The van der Waals surface area contributed by atoms with Crippen molar-refractivity contribution in [1.82, 2.24) is 59.9 Å². The van der Waals surface area contributed by atoms with E-state index in [1.165, 1.54) is 57.8 Å². The third-order valence-electron chi connectivity index (χ3n) is 19.2. The molecule has 9 unspecified atom stereocenters. The van der Waals surface area contributed by atoms with Gasteiger partial charge in [-0.15, -0.1) is 0 Å². The Kier molecular flexibility index (Phi) is 17.1. The summed E-state index contributed by atoms with van der Waals surface area (Å²) >= 11 is 0. The van der Waals surface area contributed by atoms with E-state index >= 15 is 0 Å². The number of rotatable bonds is 11. The Morgan fingerprint density at radius 2 is 0.750 bits per heavy atom. The van der Waals surface area contributed by atoms with Gasteiger partial charge in [0.1, 0.15) is 28.8 Å². The lowest BCUT2D eigenvalue weighted by Gasteiger charge is -2.25. The highest BCUT2D eigenvalue weighted by molar-refractivity contribution is 5.91.